The van der Waals surface area contributed by atoms with Gasteiger partial charge in [0.15, 0.2) is 0 Å². The zero-order chi connectivity index (χ0) is 14.5. The molecule has 1 saturated carbocycles. The smallest absolute Gasteiger partial charge is 0.407 e. The summed E-state index contributed by atoms with van der Waals surface area (Å²) < 4.78 is 5.24. The summed E-state index contributed by atoms with van der Waals surface area (Å²) in [5, 5.41) is 2.88. The Bertz CT molecular complexity index is 291. The van der Waals surface area contributed by atoms with E-state index in [1.807, 2.05) is 27.7 Å². The summed E-state index contributed by atoms with van der Waals surface area (Å²) in [6.45, 7) is 7.62. The minimum atomic E-state index is -0.442. The number of carbonyl (C=O) groups is 1. The van der Waals surface area contributed by atoms with Crippen LogP contribution in [0.1, 0.15) is 72.6 Å². The van der Waals surface area contributed by atoms with Crippen LogP contribution in [0.4, 0.5) is 4.79 Å². The van der Waals surface area contributed by atoms with Crippen LogP contribution >= 0.6 is 0 Å². The van der Waals surface area contributed by atoms with E-state index in [1.54, 1.807) is 0 Å². The lowest BCUT2D eigenvalue weighted by Crippen LogP contribution is -2.44. The van der Waals surface area contributed by atoms with Crippen LogP contribution in [0.25, 0.3) is 0 Å². The fourth-order valence-electron chi connectivity index (χ4n) is 2.59. The van der Waals surface area contributed by atoms with E-state index < -0.39 is 5.60 Å². The number of hydrogen-bond acceptors (Lipinski definition) is 3. The van der Waals surface area contributed by atoms with Crippen molar-refractivity contribution in [3.63, 3.8) is 0 Å². The lowest BCUT2D eigenvalue weighted by Gasteiger charge is -2.34. The molecule has 0 aromatic rings. The minimum Gasteiger partial charge on any atom is -0.444 e. The van der Waals surface area contributed by atoms with Crippen molar-refractivity contribution < 1.29 is 9.53 Å². The molecule has 1 unspecified atom stereocenters. The van der Waals surface area contributed by atoms with E-state index in [4.69, 9.17) is 10.5 Å². The van der Waals surface area contributed by atoms with E-state index in [0.29, 0.717) is 0 Å². The van der Waals surface area contributed by atoms with Crippen molar-refractivity contribution in [1.82, 2.24) is 5.32 Å². The van der Waals surface area contributed by atoms with Gasteiger partial charge < -0.3 is 15.8 Å². The first-order valence-electron chi connectivity index (χ1n) is 7.49. The third-order valence-corrected chi connectivity index (χ3v) is 3.69. The molecule has 0 bridgehead atoms. The van der Waals surface area contributed by atoms with Crippen LogP contribution in [0.5, 0.6) is 0 Å². The van der Waals surface area contributed by atoms with Crippen LogP contribution < -0.4 is 11.1 Å². The average molecular weight is 270 g/mol. The predicted octanol–water partition coefficient (Wildman–Crippen LogP) is 3.34. The van der Waals surface area contributed by atoms with Crippen molar-refractivity contribution in [3.05, 3.63) is 0 Å². The Kier molecular flexibility index (Phi) is 5.65. The first-order chi connectivity index (χ1) is 8.70. The topological polar surface area (TPSA) is 64.3 Å². The molecule has 1 amide bonds. The second kappa shape index (κ2) is 6.60. The van der Waals surface area contributed by atoms with Crippen molar-refractivity contribution in [2.24, 2.45) is 5.73 Å². The summed E-state index contributed by atoms with van der Waals surface area (Å²) in [7, 11) is 0. The zero-order valence-corrected chi connectivity index (χ0v) is 12.9. The van der Waals surface area contributed by atoms with Gasteiger partial charge in [-0.25, -0.2) is 4.79 Å². The SMILES string of the molecule is CC(CCC1(N)CCCCC1)NC(=O)OC(C)(C)C. The highest BCUT2D eigenvalue weighted by atomic mass is 16.6. The summed E-state index contributed by atoms with van der Waals surface area (Å²) in [5.74, 6) is 0. The van der Waals surface area contributed by atoms with Crippen molar-refractivity contribution in [3.8, 4) is 0 Å². The third kappa shape index (κ3) is 6.81. The molecule has 3 N–H and O–H groups in total. The summed E-state index contributed by atoms with van der Waals surface area (Å²) in [5.41, 5.74) is 5.94. The highest BCUT2D eigenvalue weighted by molar-refractivity contribution is 5.67. The quantitative estimate of drug-likeness (QED) is 0.823. The third-order valence-electron chi connectivity index (χ3n) is 3.69. The van der Waals surface area contributed by atoms with Gasteiger partial charge in [0, 0.05) is 11.6 Å². The molecular formula is C15H30N2O2. The maximum absolute atomic E-state index is 11.6. The standard InChI is InChI=1S/C15H30N2O2/c1-12(17-13(18)19-14(2,3)4)8-11-15(16)9-6-5-7-10-15/h12H,5-11,16H2,1-4H3,(H,17,18). The molecule has 4 nitrogen and oxygen atoms in total. The Morgan fingerprint density at radius 1 is 1.32 bits per heavy atom. The number of nitrogens with one attached hydrogen (secondary N) is 1. The van der Waals surface area contributed by atoms with Gasteiger partial charge in [-0.05, 0) is 53.4 Å². The van der Waals surface area contributed by atoms with Crippen LogP contribution in [0.2, 0.25) is 0 Å². The molecule has 0 saturated heterocycles. The Balaban J connectivity index is 2.27. The molecule has 1 aliphatic rings. The van der Waals surface area contributed by atoms with E-state index in [2.05, 4.69) is 5.32 Å². The molecule has 4 heteroatoms. The normalized spacial score (nSPS) is 20.7. The Morgan fingerprint density at radius 3 is 2.42 bits per heavy atom. The highest BCUT2D eigenvalue weighted by Crippen LogP contribution is 2.30. The summed E-state index contributed by atoms with van der Waals surface area (Å²) in [4.78, 5) is 11.6. The molecule has 0 aliphatic heterocycles. The van der Waals surface area contributed by atoms with E-state index in [-0.39, 0.29) is 17.7 Å². The van der Waals surface area contributed by atoms with Gasteiger partial charge in [0.05, 0.1) is 0 Å². The zero-order valence-electron chi connectivity index (χ0n) is 12.9. The molecule has 1 aliphatic carbocycles. The number of amides is 1. The molecule has 112 valence electrons. The lowest BCUT2D eigenvalue weighted by atomic mass is 9.79. The number of carbonyl (C=O) groups excluding carboxylic acids is 1. The van der Waals surface area contributed by atoms with Crippen molar-refractivity contribution in [2.75, 3.05) is 0 Å². The second-order valence-corrected chi connectivity index (χ2v) is 7.01. The Labute approximate surface area is 117 Å². The van der Waals surface area contributed by atoms with Crippen LogP contribution in [0.3, 0.4) is 0 Å². The molecule has 0 spiro atoms. The molecule has 1 fully saturated rings. The largest absolute Gasteiger partial charge is 0.444 e. The first-order valence-corrected chi connectivity index (χ1v) is 7.49. The number of nitrogens with two attached hydrogens (primary N) is 1. The fraction of sp³-hybridized carbons (Fsp3) is 0.933. The van der Waals surface area contributed by atoms with E-state index >= 15 is 0 Å². The van der Waals surface area contributed by atoms with Crippen LogP contribution in [-0.2, 0) is 4.74 Å². The molecule has 1 atom stereocenters. The van der Waals surface area contributed by atoms with Gasteiger partial charge >= 0.3 is 6.09 Å². The van der Waals surface area contributed by atoms with Crippen LogP contribution in [0, 0.1) is 0 Å². The molecule has 19 heavy (non-hydrogen) atoms. The monoisotopic (exact) mass is 270 g/mol. The first kappa shape index (κ1) is 16.3. The van der Waals surface area contributed by atoms with E-state index in [1.165, 1.54) is 19.3 Å². The van der Waals surface area contributed by atoms with Gasteiger partial charge in [-0.1, -0.05) is 19.3 Å². The summed E-state index contributed by atoms with van der Waals surface area (Å²) in [6.07, 6.45) is 7.58. The van der Waals surface area contributed by atoms with E-state index in [9.17, 15) is 4.79 Å². The number of alkyl carbamates (subject to hydrolysis) is 1. The van der Waals surface area contributed by atoms with E-state index in [0.717, 1.165) is 25.7 Å². The van der Waals surface area contributed by atoms with Gasteiger partial charge in [-0.3, -0.25) is 0 Å². The van der Waals surface area contributed by atoms with Crippen molar-refractivity contribution in [2.45, 2.75) is 89.8 Å². The average Bonchev–Trinajstić information content (AvgIpc) is 2.25. The van der Waals surface area contributed by atoms with Crippen molar-refractivity contribution >= 4 is 6.09 Å². The molecule has 0 aromatic carbocycles. The minimum absolute atomic E-state index is 0.0118. The highest BCUT2D eigenvalue weighted by Gasteiger charge is 2.27. The summed E-state index contributed by atoms with van der Waals surface area (Å²) in [6, 6.07) is 0.109. The van der Waals surface area contributed by atoms with Crippen LogP contribution in [-0.4, -0.2) is 23.3 Å². The Hall–Kier alpha value is -0.770. The number of hydrogen-bond donors (Lipinski definition) is 2. The molecule has 1 rings (SSSR count). The maximum atomic E-state index is 11.6. The number of rotatable bonds is 4. The number of ether oxygens (including phenoxy) is 1. The van der Waals surface area contributed by atoms with Gasteiger partial charge in [-0.15, -0.1) is 0 Å². The van der Waals surface area contributed by atoms with Gasteiger partial charge in [-0.2, -0.15) is 0 Å². The molecule has 0 radical (unpaired) electrons. The molecule has 0 heterocycles. The molecular weight excluding hydrogens is 240 g/mol. The maximum Gasteiger partial charge on any atom is 0.407 e. The van der Waals surface area contributed by atoms with Crippen molar-refractivity contribution in [1.29, 1.82) is 0 Å². The van der Waals surface area contributed by atoms with Gasteiger partial charge in [0.1, 0.15) is 5.60 Å². The molecule has 0 aromatic heterocycles. The summed E-state index contributed by atoms with van der Waals surface area (Å²) >= 11 is 0. The Morgan fingerprint density at radius 2 is 1.89 bits per heavy atom. The predicted molar refractivity (Wildman–Crippen MR) is 78.1 cm³/mol. The van der Waals surface area contributed by atoms with Crippen LogP contribution in [0.15, 0.2) is 0 Å². The second-order valence-electron chi connectivity index (χ2n) is 7.01. The lowest BCUT2D eigenvalue weighted by molar-refractivity contribution is 0.0503. The van der Waals surface area contributed by atoms with Gasteiger partial charge in [0.2, 0.25) is 0 Å². The van der Waals surface area contributed by atoms with Gasteiger partial charge in [0.25, 0.3) is 0 Å². The fourth-order valence-corrected chi connectivity index (χ4v) is 2.59.